The highest BCUT2D eigenvalue weighted by atomic mass is 16.4. The number of hydrogen-bond donors (Lipinski definition) is 2. The second kappa shape index (κ2) is 6.18. The fraction of sp³-hybridized carbons (Fsp3) is 0.846. The van der Waals surface area contributed by atoms with Crippen molar-refractivity contribution in [1.29, 1.82) is 0 Å². The maximum Gasteiger partial charge on any atom is 0.303 e. The topological polar surface area (TPSA) is 69.6 Å². The first-order chi connectivity index (χ1) is 8.65. The van der Waals surface area contributed by atoms with Crippen LogP contribution in [0.1, 0.15) is 44.9 Å². The highest BCUT2D eigenvalue weighted by Crippen LogP contribution is 2.21. The van der Waals surface area contributed by atoms with Crippen molar-refractivity contribution in [2.24, 2.45) is 0 Å². The van der Waals surface area contributed by atoms with Crippen molar-refractivity contribution in [1.82, 2.24) is 10.2 Å². The molecule has 1 unspecified atom stereocenters. The first kappa shape index (κ1) is 13.3. The van der Waals surface area contributed by atoms with Gasteiger partial charge in [-0.1, -0.05) is 6.42 Å². The predicted molar refractivity (Wildman–Crippen MR) is 67.2 cm³/mol. The lowest BCUT2D eigenvalue weighted by atomic mass is 9.98. The van der Waals surface area contributed by atoms with Gasteiger partial charge in [0.05, 0.1) is 6.54 Å². The zero-order valence-electron chi connectivity index (χ0n) is 10.7. The monoisotopic (exact) mass is 254 g/mol. The molecule has 2 rings (SSSR count). The van der Waals surface area contributed by atoms with Crippen molar-refractivity contribution in [2.75, 3.05) is 13.1 Å². The molecule has 1 saturated carbocycles. The Morgan fingerprint density at radius 2 is 2.00 bits per heavy atom. The van der Waals surface area contributed by atoms with E-state index in [2.05, 4.69) is 10.2 Å². The summed E-state index contributed by atoms with van der Waals surface area (Å²) in [7, 11) is 0. The van der Waals surface area contributed by atoms with Crippen LogP contribution >= 0.6 is 0 Å². The fourth-order valence-corrected chi connectivity index (χ4v) is 2.57. The molecule has 0 spiro atoms. The molecule has 0 aromatic carbocycles. The van der Waals surface area contributed by atoms with Crippen LogP contribution in [-0.2, 0) is 9.59 Å². The van der Waals surface area contributed by atoms with Crippen molar-refractivity contribution >= 4 is 11.9 Å². The van der Waals surface area contributed by atoms with Crippen LogP contribution in [-0.4, -0.2) is 47.1 Å². The molecule has 2 N–H and O–H groups in total. The van der Waals surface area contributed by atoms with Gasteiger partial charge in [0.1, 0.15) is 0 Å². The van der Waals surface area contributed by atoms with E-state index in [4.69, 9.17) is 5.11 Å². The van der Waals surface area contributed by atoms with Crippen molar-refractivity contribution in [3.63, 3.8) is 0 Å². The maximum absolute atomic E-state index is 11.8. The number of likely N-dealkylation sites (tertiary alicyclic amines) is 1. The molecular weight excluding hydrogens is 232 g/mol. The number of carboxylic acids is 1. The van der Waals surface area contributed by atoms with Gasteiger partial charge in [0.15, 0.2) is 0 Å². The summed E-state index contributed by atoms with van der Waals surface area (Å²) in [6, 6.07) is 0.666. The lowest BCUT2D eigenvalue weighted by Crippen LogP contribution is -2.46. The van der Waals surface area contributed by atoms with Crippen LogP contribution in [0.3, 0.4) is 0 Å². The second-order valence-electron chi connectivity index (χ2n) is 5.39. The Hall–Kier alpha value is -1.10. The number of nitrogens with one attached hydrogen (secondary N) is 1. The molecule has 18 heavy (non-hydrogen) atoms. The van der Waals surface area contributed by atoms with E-state index >= 15 is 0 Å². The van der Waals surface area contributed by atoms with E-state index in [1.807, 2.05) is 0 Å². The zero-order valence-corrected chi connectivity index (χ0v) is 10.7. The van der Waals surface area contributed by atoms with Crippen LogP contribution in [0.25, 0.3) is 0 Å². The standard InChI is InChI=1S/C13H22N2O3/c16-12(14-10-4-5-10)9-15-8-2-1-3-11(15)6-7-13(17)18/h10-11H,1-9H2,(H,14,16)(H,17,18). The molecule has 0 radical (unpaired) electrons. The summed E-state index contributed by atoms with van der Waals surface area (Å²) in [6.45, 7) is 1.35. The SMILES string of the molecule is O=C(O)CCC1CCCCN1CC(=O)NC1CC1. The number of amides is 1. The van der Waals surface area contributed by atoms with Crippen LogP contribution in [0.15, 0.2) is 0 Å². The van der Waals surface area contributed by atoms with Gasteiger partial charge >= 0.3 is 5.97 Å². The molecule has 0 aromatic rings. The first-order valence-electron chi connectivity index (χ1n) is 6.90. The molecule has 102 valence electrons. The molecule has 1 aliphatic heterocycles. The zero-order chi connectivity index (χ0) is 13.0. The lowest BCUT2D eigenvalue weighted by molar-refractivity contribution is -0.137. The molecule has 5 nitrogen and oxygen atoms in total. The minimum absolute atomic E-state index is 0.0970. The van der Waals surface area contributed by atoms with Crippen LogP contribution in [0.2, 0.25) is 0 Å². The summed E-state index contributed by atoms with van der Waals surface area (Å²) in [5.41, 5.74) is 0. The van der Waals surface area contributed by atoms with E-state index in [1.165, 1.54) is 0 Å². The van der Waals surface area contributed by atoms with E-state index < -0.39 is 5.97 Å². The molecule has 5 heteroatoms. The number of nitrogens with zero attached hydrogens (tertiary/aromatic N) is 1. The summed E-state index contributed by atoms with van der Waals surface area (Å²) in [5.74, 6) is -0.650. The van der Waals surface area contributed by atoms with Crippen LogP contribution in [0.5, 0.6) is 0 Å². The lowest BCUT2D eigenvalue weighted by Gasteiger charge is -2.35. The smallest absolute Gasteiger partial charge is 0.303 e. The Labute approximate surface area is 108 Å². The summed E-state index contributed by atoms with van der Waals surface area (Å²) < 4.78 is 0. The molecule has 0 aromatic heterocycles. The third kappa shape index (κ3) is 4.29. The molecule has 1 heterocycles. The largest absolute Gasteiger partial charge is 0.481 e. The number of aliphatic carboxylic acids is 1. The van der Waals surface area contributed by atoms with E-state index in [0.717, 1.165) is 38.6 Å². The van der Waals surface area contributed by atoms with Gasteiger partial charge in [0.25, 0.3) is 0 Å². The number of rotatable bonds is 6. The minimum atomic E-state index is -0.747. The van der Waals surface area contributed by atoms with E-state index in [-0.39, 0.29) is 18.4 Å². The third-order valence-corrected chi connectivity index (χ3v) is 3.73. The van der Waals surface area contributed by atoms with Gasteiger partial charge in [0, 0.05) is 18.5 Å². The average Bonchev–Trinajstić information content (AvgIpc) is 3.11. The highest BCUT2D eigenvalue weighted by molar-refractivity contribution is 5.78. The van der Waals surface area contributed by atoms with Crippen molar-refractivity contribution in [2.45, 2.75) is 57.0 Å². The minimum Gasteiger partial charge on any atom is -0.481 e. The molecule has 2 aliphatic rings. The van der Waals surface area contributed by atoms with Gasteiger partial charge < -0.3 is 10.4 Å². The van der Waals surface area contributed by atoms with Crippen LogP contribution in [0.4, 0.5) is 0 Å². The van der Waals surface area contributed by atoms with Gasteiger partial charge in [0.2, 0.25) is 5.91 Å². The Balaban J connectivity index is 1.78. The Bertz CT molecular complexity index is 315. The molecule has 0 bridgehead atoms. The van der Waals surface area contributed by atoms with E-state index in [1.54, 1.807) is 0 Å². The summed E-state index contributed by atoms with van der Waals surface area (Å²) in [4.78, 5) is 24.6. The number of carbonyl (C=O) groups excluding carboxylic acids is 1. The van der Waals surface area contributed by atoms with Gasteiger partial charge in [-0.15, -0.1) is 0 Å². The molecule has 1 saturated heterocycles. The van der Waals surface area contributed by atoms with Crippen LogP contribution < -0.4 is 5.32 Å². The number of carbonyl (C=O) groups is 2. The number of carboxylic acid groups (broad SMARTS) is 1. The molecule has 1 atom stereocenters. The molecule has 2 fully saturated rings. The average molecular weight is 254 g/mol. The predicted octanol–water partition coefficient (Wildman–Crippen LogP) is 0.984. The number of piperidine rings is 1. The van der Waals surface area contributed by atoms with Crippen molar-refractivity contribution in [3.05, 3.63) is 0 Å². The fourth-order valence-electron chi connectivity index (χ4n) is 2.57. The quantitative estimate of drug-likeness (QED) is 0.741. The van der Waals surface area contributed by atoms with Gasteiger partial charge in [-0.3, -0.25) is 14.5 Å². The summed E-state index contributed by atoms with van der Waals surface area (Å²) in [6.07, 6.45) is 6.34. The normalized spacial score (nSPS) is 24.8. The molecule has 1 aliphatic carbocycles. The maximum atomic E-state index is 11.8. The number of hydrogen-bond acceptors (Lipinski definition) is 3. The van der Waals surface area contributed by atoms with Crippen molar-refractivity contribution in [3.8, 4) is 0 Å². The summed E-state index contributed by atoms with van der Waals surface area (Å²) >= 11 is 0. The van der Waals surface area contributed by atoms with Crippen molar-refractivity contribution < 1.29 is 14.7 Å². The summed E-state index contributed by atoms with van der Waals surface area (Å²) in [5, 5.41) is 11.7. The Kier molecular flexibility index (Phi) is 4.58. The third-order valence-electron chi connectivity index (χ3n) is 3.73. The van der Waals surface area contributed by atoms with E-state index in [0.29, 0.717) is 19.0 Å². The second-order valence-corrected chi connectivity index (χ2v) is 5.39. The van der Waals surface area contributed by atoms with E-state index in [9.17, 15) is 9.59 Å². The molecular formula is C13H22N2O3. The van der Waals surface area contributed by atoms with Gasteiger partial charge in [-0.25, -0.2) is 0 Å². The Morgan fingerprint density at radius 1 is 1.22 bits per heavy atom. The van der Waals surface area contributed by atoms with Gasteiger partial charge in [-0.2, -0.15) is 0 Å². The van der Waals surface area contributed by atoms with Crippen LogP contribution in [0, 0.1) is 0 Å². The Morgan fingerprint density at radius 3 is 2.67 bits per heavy atom. The highest BCUT2D eigenvalue weighted by Gasteiger charge is 2.27. The van der Waals surface area contributed by atoms with Gasteiger partial charge in [-0.05, 0) is 38.6 Å². The molecule has 1 amide bonds. The first-order valence-corrected chi connectivity index (χ1v) is 6.90.